The summed E-state index contributed by atoms with van der Waals surface area (Å²) in [5.74, 6) is 0. The molecule has 0 aliphatic rings. The van der Waals surface area contributed by atoms with E-state index in [0.717, 1.165) is 0 Å². The van der Waals surface area contributed by atoms with Gasteiger partial charge in [-0.25, -0.2) is 0 Å². The standard InChI is InChI=1S/C13H21N/c1-9-6-7-11(10(2)8-9)12(14)13(3,4)5/h6-8,12H,14H2,1-5H3. The molecular formula is C13H21N. The zero-order valence-electron chi connectivity index (χ0n) is 9.89. The summed E-state index contributed by atoms with van der Waals surface area (Å²) >= 11 is 0. The normalized spacial score (nSPS) is 14.1. The highest BCUT2D eigenvalue weighted by Gasteiger charge is 2.23. The van der Waals surface area contributed by atoms with Crippen LogP contribution >= 0.6 is 0 Å². The second kappa shape index (κ2) is 3.74. The van der Waals surface area contributed by atoms with Crippen LogP contribution in [0, 0.1) is 19.3 Å². The number of hydrogen-bond donors (Lipinski definition) is 1. The first kappa shape index (κ1) is 11.3. The van der Waals surface area contributed by atoms with Crippen molar-refractivity contribution >= 4 is 0 Å². The van der Waals surface area contributed by atoms with Crippen molar-refractivity contribution in [3.63, 3.8) is 0 Å². The van der Waals surface area contributed by atoms with E-state index in [-0.39, 0.29) is 11.5 Å². The third-order valence-electron chi connectivity index (χ3n) is 2.69. The van der Waals surface area contributed by atoms with E-state index in [0.29, 0.717) is 0 Å². The molecule has 1 aromatic carbocycles. The van der Waals surface area contributed by atoms with Crippen LogP contribution in [0.25, 0.3) is 0 Å². The molecule has 0 spiro atoms. The summed E-state index contributed by atoms with van der Waals surface area (Å²) in [7, 11) is 0. The van der Waals surface area contributed by atoms with Crippen LogP contribution in [0.1, 0.15) is 43.5 Å². The maximum Gasteiger partial charge on any atom is 0.0346 e. The van der Waals surface area contributed by atoms with Gasteiger partial charge < -0.3 is 5.73 Å². The summed E-state index contributed by atoms with van der Waals surface area (Å²) in [5, 5.41) is 0. The predicted octanol–water partition coefficient (Wildman–Crippen LogP) is 3.35. The smallest absolute Gasteiger partial charge is 0.0346 e. The van der Waals surface area contributed by atoms with Crippen LogP contribution in [0.2, 0.25) is 0 Å². The van der Waals surface area contributed by atoms with Gasteiger partial charge in [0.25, 0.3) is 0 Å². The third-order valence-corrected chi connectivity index (χ3v) is 2.69. The molecule has 0 bridgehead atoms. The Hall–Kier alpha value is -0.820. The van der Waals surface area contributed by atoms with Crippen molar-refractivity contribution in [2.45, 2.75) is 40.7 Å². The lowest BCUT2D eigenvalue weighted by Crippen LogP contribution is -2.26. The van der Waals surface area contributed by atoms with Gasteiger partial charge in [0.05, 0.1) is 0 Å². The molecular weight excluding hydrogens is 170 g/mol. The topological polar surface area (TPSA) is 26.0 Å². The Bertz CT molecular complexity index is 320. The van der Waals surface area contributed by atoms with Gasteiger partial charge in [0, 0.05) is 6.04 Å². The minimum Gasteiger partial charge on any atom is -0.324 e. The molecule has 1 nitrogen and oxygen atoms in total. The molecule has 1 heteroatoms. The highest BCUT2D eigenvalue weighted by molar-refractivity contribution is 5.33. The van der Waals surface area contributed by atoms with Crippen LogP contribution in [-0.4, -0.2) is 0 Å². The molecule has 0 aromatic heterocycles. The molecule has 0 aliphatic heterocycles. The fourth-order valence-corrected chi connectivity index (χ4v) is 1.64. The largest absolute Gasteiger partial charge is 0.324 e. The molecule has 1 unspecified atom stereocenters. The fraction of sp³-hybridized carbons (Fsp3) is 0.538. The summed E-state index contributed by atoms with van der Waals surface area (Å²) in [6, 6.07) is 6.60. The third kappa shape index (κ3) is 2.36. The van der Waals surface area contributed by atoms with Crippen LogP contribution in [0.3, 0.4) is 0 Å². The molecule has 1 aromatic rings. The van der Waals surface area contributed by atoms with E-state index in [9.17, 15) is 0 Å². The molecule has 14 heavy (non-hydrogen) atoms. The molecule has 0 saturated heterocycles. The molecule has 0 radical (unpaired) electrons. The van der Waals surface area contributed by atoms with Crippen molar-refractivity contribution in [1.29, 1.82) is 0 Å². The van der Waals surface area contributed by atoms with Gasteiger partial charge in [0.15, 0.2) is 0 Å². The van der Waals surface area contributed by atoms with Crippen LogP contribution < -0.4 is 5.73 Å². The molecule has 0 saturated carbocycles. The predicted molar refractivity (Wildman–Crippen MR) is 62.3 cm³/mol. The Kier molecular flexibility index (Phi) is 3.01. The Morgan fingerprint density at radius 1 is 1.14 bits per heavy atom. The van der Waals surface area contributed by atoms with Gasteiger partial charge in [-0.3, -0.25) is 0 Å². The van der Waals surface area contributed by atoms with Crippen LogP contribution in [-0.2, 0) is 0 Å². The number of nitrogens with two attached hydrogens (primary N) is 1. The number of aryl methyl sites for hydroxylation is 2. The second-order valence-electron chi connectivity index (χ2n) is 5.20. The van der Waals surface area contributed by atoms with E-state index in [1.54, 1.807) is 0 Å². The number of benzene rings is 1. The Morgan fingerprint density at radius 3 is 2.14 bits per heavy atom. The quantitative estimate of drug-likeness (QED) is 0.723. The average molecular weight is 191 g/mol. The Balaban J connectivity index is 3.08. The van der Waals surface area contributed by atoms with E-state index >= 15 is 0 Å². The van der Waals surface area contributed by atoms with E-state index < -0.39 is 0 Å². The van der Waals surface area contributed by atoms with Crippen molar-refractivity contribution in [3.05, 3.63) is 34.9 Å². The summed E-state index contributed by atoms with van der Waals surface area (Å²) < 4.78 is 0. The highest BCUT2D eigenvalue weighted by atomic mass is 14.7. The van der Waals surface area contributed by atoms with Crippen molar-refractivity contribution < 1.29 is 0 Å². The van der Waals surface area contributed by atoms with Crippen LogP contribution in [0.5, 0.6) is 0 Å². The first-order valence-corrected chi connectivity index (χ1v) is 5.15. The minimum absolute atomic E-state index is 0.114. The first-order valence-electron chi connectivity index (χ1n) is 5.15. The van der Waals surface area contributed by atoms with Crippen molar-refractivity contribution in [1.82, 2.24) is 0 Å². The zero-order valence-corrected chi connectivity index (χ0v) is 9.89. The highest BCUT2D eigenvalue weighted by Crippen LogP contribution is 2.32. The number of hydrogen-bond acceptors (Lipinski definition) is 1. The number of rotatable bonds is 1. The van der Waals surface area contributed by atoms with Gasteiger partial charge in [-0.1, -0.05) is 44.5 Å². The molecule has 78 valence electrons. The first-order chi connectivity index (χ1) is 6.32. The lowest BCUT2D eigenvalue weighted by Gasteiger charge is -2.28. The summed E-state index contributed by atoms with van der Waals surface area (Å²) in [5.41, 5.74) is 10.2. The maximum atomic E-state index is 6.22. The Morgan fingerprint density at radius 2 is 1.71 bits per heavy atom. The van der Waals surface area contributed by atoms with E-state index in [1.807, 2.05) is 0 Å². The molecule has 0 heterocycles. The van der Waals surface area contributed by atoms with Gasteiger partial charge in [-0.05, 0) is 30.4 Å². The van der Waals surface area contributed by atoms with E-state index in [1.165, 1.54) is 16.7 Å². The van der Waals surface area contributed by atoms with Crippen molar-refractivity contribution in [2.75, 3.05) is 0 Å². The molecule has 0 aliphatic carbocycles. The fourth-order valence-electron chi connectivity index (χ4n) is 1.64. The van der Waals surface area contributed by atoms with Gasteiger partial charge in [-0.2, -0.15) is 0 Å². The summed E-state index contributed by atoms with van der Waals surface area (Å²) in [4.78, 5) is 0. The lowest BCUT2D eigenvalue weighted by atomic mass is 9.81. The van der Waals surface area contributed by atoms with Gasteiger partial charge in [-0.15, -0.1) is 0 Å². The van der Waals surface area contributed by atoms with Crippen LogP contribution in [0.15, 0.2) is 18.2 Å². The summed E-state index contributed by atoms with van der Waals surface area (Å²) in [6.45, 7) is 10.8. The zero-order chi connectivity index (χ0) is 10.9. The average Bonchev–Trinajstić information content (AvgIpc) is 2.01. The van der Waals surface area contributed by atoms with Crippen molar-refractivity contribution in [2.24, 2.45) is 11.1 Å². The molecule has 0 amide bonds. The van der Waals surface area contributed by atoms with E-state index in [4.69, 9.17) is 5.73 Å². The lowest BCUT2D eigenvalue weighted by molar-refractivity contribution is 0.326. The van der Waals surface area contributed by atoms with E-state index in [2.05, 4.69) is 52.8 Å². The second-order valence-corrected chi connectivity index (χ2v) is 5.20. The van der Waals surface area contributed by atoms with Gasteiger partial charge >= 0.3 is 0 Å². The molecule has 1 atom stereocenters. The van der Waals surface area contributed by atoms with Gasteiger partial charge in [0.2, 0.25) is 0 Å². The monoisotopic (exact) mass is 191 g/mol. The summed E-state index contributed by atoms with van der Waals surface area (Å²) in [6.07, 6.45) is 0. The molecule has 1 rings (SSSR count). The molecule has 0 fully saturated rings. The SMILES string of the molecule is Cc1ccc(C(N)C(C)(C)C)c(C)c1. The Labute approximate surface area is 87.3 Å². The van der Waals surface area contributed by atoms with Crippen molar-refractivity contribution in [3.8, 4) is 0 Å². The van der Waals surface area contributed by atoms with Crippen LogP contribution in [0.4, 0.5) is 0 Å². The van der Waals surface area contributed by atoms with Gasteiger partial charge in [0.1, 0.15) is 0 Å². The minimum atomic E-state index is 0.114. The molecule has 2 N–H and O–H groups in total. The maximum absolute atomic E-state index is 6.22.